The summed E-state index contributed by atoms with van der Waals surface area (Å²) in [5, 5.41) is 14.3. The van der Waals surface area contributed by atoms with E-state index in [0.29, 0.717) is 30.7 Å². The molecule has 0 radical (unpaired) electrons. The summed E-state index contributed by atoms with van der Waals surface area (Å²) < 4.78 is 0. The van der Waals surface area contributed by atoms with Crippen LogP contribution in [0.2, 0.25) is 0 Å². The minimum absolute atomic E-state index is 0.113. The van der Waals surface area contributed by atoms with Gasteiger partial charge in [0.15, 0.2) is 0 Å². The Morgan fingerprint density at radius 2 is 2.00 bits per heavy atom. The van der Waals surface area contributed by atoms with Crippen molar-refractivity contribution in [1.29, 1.82) is 0 Å². The van der Waals surface area contributed by atoms with Gasteiger partial charge in [0.2, 0.25) is 5.91 Å². The van der Waals surface area contributed by atoms with E-state index in [0.717, 1.165) is 25.7 Å². The molecule has 1 aliphatic heterocycles. The lowest BCUT2D eigenvalue weighted by Crippen LogP contribution is -2.50. The number of amides is 2. The van der Waals surface area contributed by atoms with Gasteiger partial charge in [-0.15, -0.1) is 11.3 Å². The van der Waals surface area contributed by atoms with E-state index in [1.165, 1.54) is 11.3 Å². The lowest BCUT2D eigenvalue weighted by molar-refractivity contribution is -0.151. The number of carbonyl (C=O) groups excluding carboxylic acids is 2. The standard InChI is InChI=1S/C18H24N2O4S/c21-15(19-12-18(17(23)24)8-2-1-3-9-18)13-6-4-10-20(13)16(22)14-7-5-11-25-14/h5,7,11,13H,1-4,6,8-10,12H2,(H,19,21)(H,23,24). The predicted octanol–water partition coefficient (Wildman–Crippen LogP) is 2.50. The number of nitrogens with one attached hydrogen (secondary N) is 1. The van der Waals surface area contributed by atoms with Crippen LogP contribution >= 0.6 is 11.3 Å². The Morgan fingerprint density at radius 3 is 2.64 bits per heavy atom. The summed E-state index contributed by atoms with van der Waals surface area (Å²) in [6.45, 7) is 0.720. The van der Waals surface area contributed by atoms with Crippen molar-refractivity contribution in [2.75, 3.05) is 13.1 Å². The first-order valence-corrected chi connectivity index (χ1v) is 9.77. The molecule has 7 heteroatoms. The Kier molecular flexibility index (Phi) is 5.42. The Hall–Kier alpha value is -1.89. The number of aliphatic carboxylic acids is 1. The topological polar surface area (TPSA) is 86.7 Å². The van der Waals surface area contributed by atoms with E-state index in [9.17, 15) is 19.5 Å². The molecular formula is C18H24N2O4S. The molecule has 1 saturated heterocycles. The van der Waals surface area contributed by atoms with Crippen LogP contribution in [0.5, 0.6) is 0 Å². The average molecular weight is 364 g/mol. The van der Waals surface area contributed by atoms with Crippen molar-refractivity contribution in [1.82, 2.24) is 10.2 Å². The monoisotopic (exact) mass is 364 g/mol. The normalized spacial score (nSPS) is 22.6. The lowest BCUT2D eigenvalue weighted by Gasteiger charge is -2.34. The summed E-state index contributed by atoms with van der Waals surface area (Å²) >= 11 is 1.37. The number of likely N-dealkylation sites (tertiary alicyclic amines) is 1. The molecule has 0 aromatic carbocycles. The average Bonchev–Trinajstić information content (AvgIpc) is 3.31. The molecule has 3 rings (SSSR count). The highest BCUT2D eigenvalue weighted by Gasteiger charge is 2.41. The fourth-order valence-corrected chi connectivity index (χ4v) is 4.57. The fourth-order valence-electron chi connectivity index (χ4n) is 3.89. The molecule has 0 bridgehead atoms. The second kappa shape index (κ2) is 7.56. The molecule has 2 fully saturated rings. The van der Waals surface area contributed by atoms with Crippen LogP contribution in [-0.4, -0.2) is 46.9 Å². The number of hydrogen-bond acceptors (Lipinski definition) is 4. The molecule has 6 nitrogen and oxygen atoms in total. The summed E-state index contributed by atoms with van der Waals surface area (Å²) in [4.78, 5) is 39.2. The van der Waals surface area contributed by atoms with Gasteiger partial charge in [-0.25, -0.2) is 0 Å². The van der Waals surface area contributed by atoms with Gasteiger partial charge in [-0.3, -0.25) is 14.4 Å². The van der Waals surface area contributed by atoms with Gasteiger partial charge in [0, 0.05) is 13.1 Å². The number of rotatable bonds is 5. The third-order valence-electron chi connectivity index (χ3n) is 5.41. The molecule has 2 aliphatic rings. The zero-order valence-electron chi connectivity index (χ0n) is 14.2. The number of carboxylic acid groups (broad SMARTS) is 1. The zero-order chi connectivity index (χ0) is 17.9. The summed E-state index contributed by atoms with van der Waals surface area (Å²) in [5.74, 6) is -1.17. The van der Waals surface area contributed by atoms with Crippen molar-refractivity contribution < 1.29 is 19.5 Å². The molecular weight excluding hydrogens is 340 g/mol. The van der Waals surface area contributed by atoms with Gasteiger partial charge >= 0.3 is 5.97 Å². The Bertz CT molecular complexity index is 638. The van der Waals surface area contributed by atoms with Gasteiger partial charge in [0.25, 0.3) is 5.91 Å². The maximum absolute atomic E-state index is 12.6. The second-order valence-corrected chi connectivity index (χ2v) is 7.95. The number of carboxylic acids is 1. The molecule has 2 heterocycles. The molecule has 1 aliphatic carbocycles. The van der Waals surface area contributed by atoms with Crippen molar-refractivity contribution in [2.45, 2.75) is 51.0 Å². The van der Waals surface area contributed by atoms with E-state index in [1.807, 2.05) is 11.4 Å². The molecule has 1 atom stereocenters. The number of carbonyl (C=O) groups is 3. The first kappa shape index (κ1) is 17.9. The molecule has 2 amide bonds. The molecule has 25 heavy (non-hydrogen) atoms. The molecule has 0 spiro atoms. The lowest BCUT2D eigenvalue weighted by atomic mass is 9.74. The van der Waals surface area contributed by atoms with Crippen molar-refractivity contribution in [3.8, 4) is 0 Å². The second-order valence-electron chi connectivity index (χ2n) is 7.00. The van der Waals surface area contributed by atoms with Gasteiger partial charge in [-0.2, -0.15) is 0 Å². The van der Waals surface area contributed by atoms with Crippen molar-refractivity contribution in [2.24, 2.45) is 5.41 Å². The van der Waals surface area contributed by atoms with Crippen LogP contribution in [0.15, 0.2) is 17.5 Å². The highest BCUT2D eigenvalue weighted by atomic mass is 32.1. The molecule has 1 saturated carbocycles. The minimum Gasteiger partial charge on any atom is -0.481 e. The van der Waals surface area contributed by atoms with Crippen molar-refractivity contribution in [3.05, 3.63) is 22.4 Å². The van der Waals surface area contributed by atoms with Crippen LogP contribution < -0.4 is 5.32 Å². The molecule has 1 aromatic rings. The smallest absolute Gasteiger partial charge is 0.311 e. The summed E-state index contributed by atoms with van der Waals surface area (Å²) in [6, 6.07) is 3.09. The van der Waals surface area contributed by atoms with Crippen LogP contribution in [0.25, 0.3) is 0 Å². The van der Waals surface area contributed by atoms with Crippen LogP contribution in [0, 0.1) is 5.41 Å². The Balaban J connectivity index is 1.63. The van der Waals surface area contributed by atoms with Crippen LogP contribution in [0.3, 0.4) is 0 Å². The van der Waals surface area contributed by atoms with E-state index >= 15 is 0 Å². The molecule has 2 N–H and O–H groups in total. The van der Waals surface area contributed by atoms with E-state index in [4.69, 9.17) is 0 Å². The maximum Gasteiger partial charge on any atom is 0.311 e. The van der Waals surface area contributed by atoms with Crippen LogP contribution in [0.4, 0.5) is 0 Å². The zero-order valence-corrected chi connectivity index (χ0v) is 15.0. The summed E-state index contributed by atoms with van der Waals surface area (Å²) in [7, 11) is 0. The number of nitrogens with zero attached hydrogens (tertiary/aromatic N) is 1. The van der Waals surface area contributed by atoms with Gasteiger partial charge in [0.1, 0.15) is 6.04 Å². The number of hydrogen-bond donors (Lipinski definition) is 2. The third kappa shape index (κ3) is 3.71. The quantitative estimate of drug-likeness (QED) is 0.840. The first-order valence-electron chi connectivity index (χ1n) is 8.89. The number of thiophene rings is 1. The van der Waals surface area contributed by atoms with Crippen molar-refractivity contribution >= 4 is 29.1 Å². The summed E-state index contributed by atoms with van der Waals surface area (Å²) in [6.07, 6.45) is 5.44. The molecule has 1 aromatic heterocycles. The Labute approximate surface area is 151 Å². The third-order valence-corrected chi connectivity index (χ3v) is 6.27. The Morgan fingerprint density at radius 1 is 1.24 bits per heavy atom. The highest BCUT2D eigenvalue weighted by molar-refractivity contribution is 7.12. The van der Waals surface area contributed by atoms with E-state index in [2.05, 4.69) is 5.32 Å². The van der Waals surface area contributed by atoms with Crippen LogP contribution in [0.1, 0.15) is 54.6 Å². The fraction of sp³-hybridized carbons (Fsp3) is 0.611. The molecule has 136 valence electrons. The predicted molar refractivity (Wildman–Crippen MR) is 94.5 cm³/mol. The summed E-state index contributed by atoms with van der Waals surface area (Å²) in [5.41, 5.74) is -0.852. The van der Waals surface area contributed by atoms with E-state index in [1.54, 1.807) is 11.0 Å². The minimum atomic E-state index is -0.852. The highest BCUT2D eigenvalue weighted by Crippen LogP contribution is 2.36. The SMILES string of the molecule is O=C(NCC1(C(=O)O)CCCCC1)C1CCCN1C(=O)c1cccs1. The largest absolute Gasteiger partial charge is 0.481 e. The molecule has 1 unspecified atom stereocenters. The van der Waals surface area contributed by atoms with E-state index in [-0.39, 0.29) is 18.4 Å². The van der Waals surface area contributed by atoms with Crippen molar-refractivity contribution in [3.63, 3.8) is 0 Å². The van der Waals surface area contributed by atoms with Gasteiger partial charge in [-0.05, 0) is 37.1 Å². The maximum atomic E-state index is 12.6. The van der Waals surface area contributed by atoms with Gasteiger partial charge < -0.3 is 15.3 Å². The van der Waals surface area contributed by atoms with Gasteiger partial charge in [0.05, 0.1) is 10.3 Å². The van der Waals surface area contributed by atoms with Crippen LogP contribution in [-0.2, 0) is 9.59 Å². The first-order chi connectivity index (χ1) is 12.0. The van der Waals surface area contributed by atoms with E-state index < -0.39 is 17.4 Å². The van der Waals surface area contributed by atoms with Gasteiger partial charge in [-0.1, -0.05) is 25.3 Å².